The lowest BCUT2D eigenvalue weighted by Gasteiger charge is -2.29. The molecule has 0 radical (unpaired) electrons. The van der Waals surface area contributed by atoms with Gasteiger partial charge in [0, 0.05) is 24.5 Å². The number of allylic oxidation sites excluding steroid dienone is 1. The van der Waals surface area contributed by atoms with E-state index in [1.807, 2.05) is 0 Å². The number of fused-ring (bicyclic) bond motifs is 1. The molecule has 1 N–H and O–H groups in total. The Hall–Kier alpha value is -2.67. The van der Waals surface area contributed by atoms with Crippen LogP contribution < -0.4 is 0 Å². The molecule has 7 heteroatoms. The van der Waals surface area contributed by atoms with E-state index in [1.165, 1.54) is 6.92 Å². The van der Waals surface area contributed by atoms with Crippen molar-refractivity contribution in [2.24, 2.45) is 5.92 Å². The first-order valence-electron chi connectivity index (χ1n) is 9.50. The van der Waals surface area contributed by atoms with Gasteiger partial charge in [-0.15, -0.1) is 0 Å². The van der Waals surface area contributed by atoms with Crippen molar-refractivity contribution < 1.29 is 33.7 Å². The van der Waals surface area contributed by atoms with E-state index >= 15 is 0 Å². The van der Waals surface area contributed by atoms with Crippen LogP contribution in [0, 0.1) is 5.92 Å². The average Bonchev–Trinajstić information content (AvgIpc) is 2.92. The lowest BCUT2D eigenvalue weighted by atomic mass is 9.85. The second-order valence-corrected chi connectivity index (χ2v) is 7.43. The number of carbonyl (C=O) groups is 3. The van der Waals surface area contributed by atoms with Crippen molar-refractivity contribution in [1.29, 1.82) is 0 Å². The lowest BCUT2D eigenvalue weighted by molar-refractivity contribution is -0.147. The van der Waals surface area contributed by atoms with Crippen LogP contribution >= 0.6 is 0 Å². The van der Waals surface area contributed by atoms with Crippen LogP contribution in [0.1, 0.15) is 41.0 Å². The zero-order valence-corrected chi connectivity index (χ0v) is 17.4. The van der Waals surface area contributed by atoms with Crippen molar-refractivity contribution in [3.05, 3.63) is 47.1 Å². The number of hydrogen-bond acceptors (Lipinski definition) is 7. The van der Waals surface area contributed by atoms with E-state index in [4.69, 9.17) is 14.2 Å². The summed E-state index contributed by atoms with van der Waals surface area (Å²) in [5.41, 5.74) is 1.75. The molecule has 1 saturated heterocycles. The molecule has 29 heavy (non-hydrogen) atoms. The monoisotopic (exact) mass is 404 g/mol. The maximum Gasteiger partial charge on any atom is 0.334 e. The molecular formula is C22H28O7. The van der Waals surface area contributed by atoms with Gasteiger partial charge in [-0.1, -0.05) is 12.7 Å². The Balaban J connectivity index is 2.52. The van der Waals surface area contributed by atoms with E-state index in [1.54, 1.807) is 45.9 Å². The molecule has 7 nitrogen and oxygen atoms in total. The minimum atomic E-state index is -0.936. The molecule has 5 atom stereocenters. The van der Waals surface area contributed by atoms with E-state index in [-0.39, 0.29) is 12.0 Å². The average molecular weight is 404 g/mol. The third-order valence-corrected chi connectivity index (χ3v) is 5.25. The smallest absolute Gasteiger partial charge is 0.334 e. The van der Waals surface area contributed by atoms with Crippen LogP contribution in [0.4, 0.5) is 0 Å². The highest BCUT2D eigenvalue weighted by Crippen LogP contribution is 2.36. The Morgan fingerprint density at radius 1 is 1.21 bits per heavy atom. The molecule has 0 aromatic heterocycles. The minimum Gasteiger partial charge on any atom is -0.458 e. The van der Waals surface area contributed by atoms with Gasteiger partial charge in [0.15, 0.2) is 0 Å². The van der Waals surface area contributed by atoms with Crippen molar-refractivity contribution in [1.82, 2.24) is 0 Å². The topological polar surface area (TPSA) is 99.1 Å². The summed E-state index contributed by atoms with van der Waals surface area (Å²) in [7, 11) is 0. The second-order valence-electron chi connectivity index (χ2n) is 7.43. The molecule has 0 saturated carbocycles. The predicted octanol–water partition coefficient (Wildman–Crippen LogP) is 2.55. The number of aliphatic hydroxyl groups is 1. The first-order chi connectivity index (χ1) is 13.5. The molecule has 158 valence electrons. The summed E-state index contributed by atoms with van der Waals surface area (Å²) in [4.78, 5) is 36.1. The fourth-order valence-corrected chi connectivity index (χ4v) is 3.33. The third-order valence-electron chi connectivity index (χ3n) is 5.25. The quantitative estimate of drug-likeness (QED) is 0.334. The molecule has 0 spiro atoms. The Bertz CT molecular complexity index is 802. The van der Waals surface area contributed by atoms with Gasteiger partial charge >= 0.3 is 17.9 Å². The van der Waals surface area contributed by atoms with Crippen LogP contribution in [-0.4, -0.2) is 47.4 Å². The van der Waals surface area contributed by atoms with Crippen LogP contribution in [0.15, 0.2) is 47.1 Å². The molecule has 0 aromatic rings. The van der Waals surface area contributed by atoms with Gasteiger partial charge in [-0.2, -0.15) is 0 Å². The number of carbonyl (C=O) groups excluding carboxylic acids is 3. The van der Waals surface area contributed by atoms with E-state index in [0.29, 0.717) is 16.7 Å². The maximum absolute atomic E-state index is 12.4. The van der Waals surface area contributed by atoms with Gasteiger partial charge in [-0.25, -0.2) is 9.59 Å². The molecule has 1 aliphatic heterocycles. The normalized spacial score (nSPS) is 34.1. The largest absolute Gasteiger partial charge is 0.458 e. The number of hydrogen-bond donors (Lipinski definition) is 1. The van der Waals surface area contributed by atoms with Crippen LogP contribution in [0.2, 0.25) is 0 Å². The molecule has 0 bridgehead atoms. The fraction of sp³-hybridized carbons (Fsp3) is 0.500. The number of esters is 3. The summed E-state index contributed by atoms with van der Waals surface area (Å²) in [6, 6.07) is 0. The molecule has 0 unspecified atom stereocenters. The van der Waals surface area contributed by atoms with Crippen molar-refractivity contribution in [2.75, 3.05) is 0 Å². The Kier molecular flexibility index (Phi) is 7.19. The van der Waals surface area contributed by atoms with E-state index in [0.717, 1.165) is 0 Å². The molecule has 0 amide bonds. The van der Waals surface area contributed by atoms with Gasteiger partial charge < -0.3 is 19.3 Å². The summed E-state index contributed by atoms with van der Waals surface area (Å²) < 4.78 is 16.4. The minimum absolute atomic E-state index is 0.130. The van der Waals surface area contributed by atoms with E-state index in [2.05, 4.69) is 6.58 Å². The Morgan fingerprint density at radius 3 is 2.45 bits per heavy atom. The summed E-state index contributed by atoms with van der Waals surface area (Å²) >= 11 is 0. The molecule has 2 aliphatic rings. The summed E-state index contributed by atoms with van der Waals surface area (Å²) in [5.74, 6) is -2.25. The van der Waals surface area contributed by atoms with Crippen molar-refractivity contribution in [3.63, 3.8) is 0 Å². The summed E-state index contributed by atoms with van der Waals surface area (Å²) in [5, 5.41) is 10.6. The molecular weight excluding hydrogens is 376 g/mol. The second kappa shape index (κ2) is 9.22. The molecule has 2 rings (SSSR count). The van der Waals surface area contributed by atoms with Gasteiger partial charge in [0.05, 0.1) is 12.0 Å². The number of aliphatic hydroxyl groups excluding tert-OH is 1. The highest BCUT2D eigenvalue weighted by atomic mass is 16.6. The molecule has 0 aromatic carbocycles. The Morgan fingerprint density at radius 2 is 1.86 bits per heavy atom. The zero-order chi connectivity index (χ0) is 21.9. The van der Waals surface area contributed by atoms with Crippen molar-refractivity contribution in [2.45, 2.75) is 65.5 Å². The molecule has 1 fully saturated rings. The van der Waals surface area contributed by atoms with Crippen molar-refractivity contribution in [3.8, 4) is 0 Å². The molecule has 1 aliphatic carbocycles. The predicted molar refractivity (Wildman–Crippen MR) is 106 cm³/mol. The number of ether oxygens (including phenoxy) is 3. The highest BCUT2D eigenvalue weighted by Gasteiger charge is 2.44. The molecule has 1 heterocycles. The van der Waals surface area contributed by atoms with Gasteiger partial charge in [-0.3, -0.25) is 4.79 Å². The van der Waals surface area contributed by atoms with E-state index < -0.39 is 48.2 Å². The lowest BCUT2D eigenvalue weighted by Crippen LogP contribution is -2.34. The van der Waals surface area contributed by atoms with Gasteiger partial charge in [0.1, 0.15) is 18.3 Å². The van der Waals surface area contributed by atoms with Crippen LogP contribution in [0.25, 0.3) is 0 Å². The van der Waals surface area contributed by atoms with Crippen LogP contribution in [0.5, 0.6) is 0 Å². The van der Waals surface area contributed by atoms with Gasteiger partial charge in [0.25, 0.3) is 0 Å². The third kappa shape index (κ3) is 5.23. The first-order valence-corrected chi connectivity index (χ1v) is 9.50. The SMILES string of the molecule is C=C1C(=O)O[C@H]2/C=C(/C)[C@@H](OC(C)=O)C[C@H](O)/C(C)=C\[C@H](OC(=O)/C(C)=C\C)[C@H]12. The van der Waals surface area contributed by atoms with Gasteiger partial charge in [-0.05, 0) is 51.0 Å². The van der Waals surface area contributed by atoms with Crippen LogP contribution in [-0.2, 0) is 28.6 Å². The van der Waals surface area contributed by atoms with Gasteiger partial charge in [0.2, 0.25) is 0 Å². The van der Waals surface area contributed by atoms with Crippen molar-refractivity contribution >= 4 is 17.9 Å². The van der Waals surface area contributed by atoms with Crippen LogP contribution in [0.3, 0.4) is 0 Å². The van der Waals surface area contributed by atoms with E-state index in [9.17, 15) is 19.5 Å². The summed E-state index contributed by atoms with van der Waals surface area (Å²) in [6.07, 6.45) is 1.82. The summed E-state index contributed by atoms with van der Waals surface area (Å²) in [6.45, 7) is 11.9. The number of rotatable bonds is 3. The first kappa shape index (κ1) is 22.6. The maximum atomic E-state index is 12.4. The standard InChI is InChI=1S/C22H28O7/c1-7-11(2)21(25)28-18-8-12(3)16(24)10-17(27-15(6)23)13(4)9-19-20(18)14(5)22(26)29-19/h7-9,16-20,24H,5,10H2,1-4,6H3/b11-7-,12-8-,13-9-/t16-,17-,18-,19-,20-/m0/s1. The fourth-order valence-electron chi connectivity index (χ4n) is 3.33. The Labute approximate surface area is 170 Å². The zero-order valence-electron chi connectivity index (χ0n) is 17.4. The highest BCUT2D eigenvalue weighted by molar-refractivity contribution is 5.92.